The zero-order chi connectivity index (χ0) is 22.0. The van der Waals surface area contributed by atoms with E-state index in [9.17, 15) is 14.0 Å². The van der Waals surface area contributed by atoms with Crippen molar-refractivity contribution in [2.24, 2.45) is 0 Å². The molecule has 3 aromatic rings. The number of ether oxygens (including phenoxy) is 1. The highest BCUT2D eigenvalue weighted by atomic mass is 35.5. The normalized spacial score (nSPS) is 14.3. The predicted molar refractivity (Wildman–Crippen MR) is 117 cm³/mol. The molecular formula is C24H20ClFN2O3. The van der Waals surface area contributed by atoms with Crippen molar-refractivity contribution < 1.29 is 18.7 Å². The number of hydrogen-bond donors (Lipinski definition) is 1. The highest BCUT2D eigenvalue weighted by Crippen LogP contribution is 2.31. The minimum absolute atomic E-state index is 0.0883. The lowest BCUT2D eigenvalue weighted by Crippen LogP contribution is -2.34. The summed E-state index contributed by atoms with van der Waals surface area (Å²) in [6, 6.07) is 17.7. The molecule has 2 amide bonds. The van der Waals surface area contributed by atoms with Crippen molar-refractivity contribution in [1.29, 1.82) is 0 Å². The van der Waals surface area contributed by atoms with Crippen LogP contribution in [0.3, 0.4) is 0 Å². The summed E-state index contributed by atoms with van der Waals surface area (Å²) in [5, 5.41) is 3.41. The first kappa shape index (κ1) is 20.9. The van der Waals surface area contributed by atoms with E-state index in [1.807, 2.05) is 6.92 Å². The average Bonchev–Trinajstić information content (AvgIpc) is 2.93. The summed E-state index contributed by atoms with van der Waals surface area (Å²) >= 11 is 5.88. The molecule has 0 unspecified atom stereocenters. The molecule has 0 saturated heterocycles. The SMILES string of the molecule is C[C@H](c1ccc(F)cc1)N1Cc2cc(NC(=O)c3ccc(Cl)cc3)ccc2OCC1=O. The van der Waals surface area contributed by atoms with Gasteiger partial charge in [0.25, 0.3) is 11.8 Å². The molecule has 0 radical (unpaired) electrons. The van der Waals surface area contributed by atoms with E-state index in [-0.39, 0.29) is 30.3 Å². The van der Waals surface area contributed by atoms with E-state index in [1.165, 1.54) is 12.1 Å². The Hall–Kier alpha value is -3.38. The van der Waals surface area contributed by atoms with Crippen LogP contribution in [0, 0.1) is 5.82 Å². The highest BCUT2D eigenvalue weighted by Gasteiger charge is 2.27. The van der Waals surface area contributed by atoms with Gasteiger partial charge in [-0.2, -0.15) is 0 Å². The third kappa shape index (κ3) is 4.70. The molecule has 1 aliphatic rings. The summed E-state index contributed by atoms with van der Waals surface area (Å²) in [6.07, 6.45) is 0. The number of nitrogens with zero attached hydrogens (tertiary/aromatic N) is 1. The van der Waals surface area contributed by atoms with E-state index < -0.39 is 0 Å². The highest BCUT2D eigenvalue weighted by molar-refractivity contribution is 6.30. The molecule has 0 bridgehead atoms. The Bertz CT molecular complexity index is 1120. The van der Waals surface area contributed by atoms with Gasteiger partial charge in [-0.3, -0.25) is 9.59 Å². The zero-order valence-corrected chi connectivity index (χ0v) is 17.5. The Kier molecular flexibility index (Phi) is 5.91. The molecule has 1 atom stereocenters. The van der Waals surface area contributed by atoms with E-state index in [0.29, 0.717) is 28.6 Å². The first-order chi connectivity index (χ1) is 14.9. The number of hydrogen-bond acceptors (Lipinski definition) is 3. The summed E-state index contributed by atoms with van der Waals surface area (Å²) in [4.78, 5) is 26.9. The number of halogens is 2. The predicted octanol–water partition coefficient (Wildman–Crippen LogP) is 5.21. The Morgan fingerprint density at radius 2 is 1.81 bits per heavy atom. The van der Waals surface area contributed by atoms with E-state index in [4.69, 9.17) is 16.3 Å². The minimum Gasteiger partial charge on any atom is -0.483 e. The van der Waals surface area contributed by atoms with Gasteiger partial charge in [0.15, 0.2) is 6.61 Å². The van der Waals surface area contributed by atoms with Gasteiger partial charge in [-0.05, 0) is 67.1 Å². The van der Waals surface area contributed by atoms with Gasteiger partial charge < -0.3 is 15.0 Å². The number of rotatable bonds is 4. The summed E-state index contributed by atoms with van der Waals surface area (Å²) < 4.78 is 19.0. The minimum atomic E-state index is -0.326. The van der Waals surface area contributed by atoms with Gasteiger partial charge in [0.2, 0.25) is 0 Å². The van der Waals surface area contributed by atoms with E-state index in [2.05, 4.69) is 5.32 Å². The van der Waals surface area contributed by atoms with E-state index in [0.717, 1.165) is 11.1 Å². The molecule has 0 spiro atoms. The summed E-state index contributed by atoms with van der Waals surface area (Å²) in [5.74, 6) is -0.168. The van der Waals surface area contributed by atoms with Gasteiger partial charge >= 0.3 is 0 Å². The molecule has 158 valence electrons. The van der Waals surface area contributed by atoms with Crippen LogP contribution in [0.15, 0.2) is 66.7 Å². The topological polar surface area (TPSA) is 58.6 Å². The van der Waals surface area contributed by atoms with Gasteiger partial charge in [0.1, 0.15) is 11.6 Å². The van der Waals surface area contributed by atoms with Crippen molar-refractivity contribution in [2.45, 2.75) is 19.5 Å². The second-order valence-electron chi connectivity index (χ2n) is 7.32. The van der Waals surface area contributed by atoms with Crippen molar-refractivity contribution in [1.82, 2.24) is 4.90 Å². The van der Waals surface area contributed by atoms with E-state index >= 15 is 0 Å². The number of fused-ring (bicyclic) bond motifs is 1. The smallest absolute Gasteiger partial charge is 0.261 e. The molecule has 7 heteroatoms. The van der Waals surface area contributed by atoms with Gasteiger partial charge in [0.05, 0.1) is 12.6 Å². The second kappa shape index (κ2) is 8.78. The Morgan fingerprint density at radius 1 is 1.10 bits per heavy atom. The van der Waals surface area contributed by atoms with Crippen LogP contribution in [0.4, 0.5) is 10.1 Å². The Balaban J connectivity index is 1.56. The Morgan fingerprint density at radius 3 is 2.52 bits per heavy atom. The van der Waals surface area contributed by atoms with Gasteiger partial charge in [-0.1, -0.05) is 23.7 Å². The molecule has 1 aliphatic heterocycles. The number of carbonyl (C=O) groups is 2. The summed E-state index contributed by atoms with van der Waals surface area (Å²) in [6.45, 7) is 2.11. The first-order valence-electron chi connectivity index (χ1n) is 9.78. The molecule has 0 aliphatic carbocycles. The monoisotopic (exact) mass is 438 g/mol. The van der Waals surface area contributed by atoms with Gasteiger partial charge in [-0.15, -0.1) is 0 Å². The fraction of sp³-hybridized carbons (Fsp3) is 0.167. The molecule has 4 rings (SSSR count). The first-order valence-corrected chi connectivity index (χ1v) is 10.2. The van der Waals surface area contributed by atoms with Crippen molar-refractivity contribution in [2.75, 3.05) is 11.9 Å². The maximum absolute atomic E-state index is 13.3. The Labute approximate surface area is 184 Å². The standard InChI is InChI=1S/C24H20ClFN2O3/c1-15(16-4-8-20(26)9-5-16)28-13-18-12-21(10-11-22(18)31-14-23(28)29)27-24(30)17-2-6-19(25)7-3-17/h2-12,15H,13-14H2,1H3,(H,27,30)/t15-/m1/s1. The molecule has 0 fully saturated rings. The van der Waals surface area contributed by atoms with Crippen LogP contribution in [0.2, 0.25) is 5.02 Å². The van der Waals surface area contributed by atoms with Crippen molar-refractivity contribution in [3.63, 3.8) is 0 Å². The quantitative estimate of drug-likeness (QED) is 0.608. The second-order valence-corrected chi connectivity index (χ2v) is 7.76. The lowest BCUT2D eigenvalue weighted by atomic mass is 10.1. The summed E-state index contributed by atoms with van der Waals surface area (Å²) in [5.41, 5.74) is 2.67. The molecule has 0 aromatic heterocycles. The number of amides is 2. The number of anilines is 1. The average molecular weight is 439 g/mol. The lowest BCUT2D eigenvalue weighted by molar-refractivity contribution is -0.135. The zero-order valence-electron chi connectivity index (χ0n) is 16.8. The van der Waals surface area contributed by atoms with Gasteiger partial charge in [-0.25, -0.2) is 4.39 Å². The molecule has 31 heavy (non-hydrogen) atoms. The van der Waals surface area contributed by atoms with Crippen LogP contribution in [0.5, 0.6) is 5.75 Å². The lowest BCUT2D eigenvalue weighted by Gasteiger charge is -2.28. The number of nitrogens with one attached hydrogen (secondary N) is 1. The molecular weight excluding hydrogens is 419 g/mol. The van der Waals surface area contributed by atoms with Crippen LogP contribution in [-0.4, -0.2) is 23.3 Å². The van der Waals surface area contributed by atoms with Crippen LogP contribution >= 0.6 is 11.6 Å². The summed E-state index contributed by atoms with van der Waals surface area (Å²) in [7, 11) is 0. The largest absolute Gasteiger partial charge is 0.483 e. The van der Waals surface area contributed by atoms with Crippen LogP contribution in [-0.2, 0) is 11.3 Å². The van der Waals surface area contributed by atoms with Crippen LogP contribution < -0.4 is 10.1 Å². The molecule has 5 nitrogen and oxygen atoms in total. The molecule has 3 aromatic carbocycles. The fourth-order valence-electron chi connectivity index (χ4n) is 3.49. The molecule has 0 saturated carbocycles. The fourth-order valence-corrected chi connectivity index (χ4v) is 3.62. The molecule has 1 N–H and O–H groups in total. The van der Waals surface area contributed by atoms with Crippen LogP contribution in [0.1, 0.15) is 34.5 Å². The molecule has 1 heterocycles. The number of carbonyl (C=O) groups excluding carboxylic acids is 2. The number of benzene rings is 3. The van der Waals surface area contributed by atoms with Crippen molar-refractivity contribution in [3.8, 4) is 5.75 Å². The maximum Gasteiger partial charge on any atom is 0.261 e. The van der Waals surface area contributed by atoms with E-state index in [1.54, 1.807) is 59.5 Å². The maximum atomic E-state index is 13.3. The van der Waals surface area contributed by atoms with Gasteiger partial charge in [0, 0.05) is 21.8 Å². The van der Waals surface area contributed by atoms with Crippen LogP contribution in [0.25, 0.3) is 0 Å². The third-order valence-corrected chi connectivity index (χ3v) is 5.51. The van der Waals surface area contributed by atoms with Crippen molar-refractivity contribution >= 4 is 29.1 Å². The third-order valence-electron chi connectivity index (χ3n) is 5.26. The van der Waals surface area contributed by atoms with Crippen molar-refractivity contribution in [3.05, 3.63) is 94.3 Å².